The molecule has 0 fully saturated rings. The summed E-state index contributed by atoms with van der Waals surface area (Å²) < 4.78 is 3.10. The first-order valence-electron chi connectivity index (χ1n) is 6.76. The molecule has 0 amide bonds. The minimum atomic E-state index is -0.0985. The van der Waals surface area contributed by atoms with Crippen LogP contribution >= 0.6 is 0 Å². The second-order valence-corrected chi connectivity index (χ2v) is 5.04. The van der Waals surface area contributed by atoms with Gasteiger partial charge >= 0.3 is 0 Å². The average molecular weight is 283 g/mol. The average Bonchev–Trinajstić information content (AvgIpc) is 2.77. The maximum Gasteiger partial charge on any atom is 0.280 e. The second kappa shape index (κ2) is 5.05. The third-order valence-electron chi connectivity index (χ3n) is 3.53. The number of rotatable bonds is 3. The fraction of sp³-hybridized carbons (Fsp3) is 0.267. The Hall–Kier alpha value is -2.63. The highest BCUT2D eigenvalue weighted by atomic mass is 16.1. The highest BCUT2D eigenvalue weighted by molar-refractivity contribution is 5.77. The van der Waals surface area contributed by atoms with E-state index in [0.717, 1.165) is 11.3 Å². The molecule has 0 atom stereocenters. The van der Waals surface area contributed by atoms with Crippen LogP contribution in [0.25, 0.3) is 11.0 Å². The maximum absolute atomic E-state index is 12.4. The van der Waals surface area contributed by atoms with Gasteiger partial charge in [-0.2, -0.15) is 5.10 Å². The van der Waals surface area contributed by atoms with Crippen LogP contribution in [0.2, 0.25) is 0 Å². The van der Waals surface area contributed by atoms with Crippen LogP contribution in [-0.4, -0.2) is 19.3 Å². The summed E-state index contributed by atoms with van der Waals surface area (Å²) in [6, 6.07) is 10.00. The largest absolute Gasteiger partial charge is 0.351 e. The van der Waals surface area contributed by atoms with Crippen molar-refractivity contribution < 1.29 is 0 Å². The van der Waals surface area contributed by atoms with Crippen molar-refractivity contribution in [3.63, 3.8) is 0 Å². The van der Waals surface area contributed by atoms with Gasteiger partial charge in [0, 0.05) is 20.6 Å². The summed E-state index contributed by atoms with van der Waals surface area (Å²) in [6.07, 6.45) is 0. The van der Waals surface area contributed by atoms with Crippen molar-refractivity contribution in [2.24, 2.45) is 14.1 Å². The first-order valence-corrected chi connectivity index (χ1v) is 6.76. The summed E-state index contributed by atoms with van der Waals surface area (Å²) in [5.74, 6) is 0.549. The maximum atomic E-state index is 12.4. The van der Waals surface area contributed by atoms with Crippen LogP contribution in [0.15, 0.2) is 35.1 Å². The number of nitrogens with zero attached hydrogens (tertiary/aromatic N) is 4. The summed E-state index contributed by atoms with van der Waals surface area (Å²) in [7, 11) is 3.47. The van der Waals surface area contributed by atoms with E-state index in [4.69, 9.17) is 0 Å². The molecule has 0 aliphatic rings. The van der Waals surface area contributed by atoms with Gasteiger partial charge in [0.15, 0.2) is 5.52 Å². The van der Waals surface area contributed by atoms with E-state index in [9.17, 15) is 4.79 Å². The van der Waals surface area contributed by atoms with Crippen molar-refractivity contribution in [2.45, 2.75) is 13.5 Å². The van der Waals surface area contributed by atoms with E-state index in [2.05, 4.69) is 15.4 Å². The molecule has 6 heteroatoms. The summed E-state index contributed by atoms with van der Waals surface area (Å²) in [4.78, 5) is 17.0. The number of hydrogen-bond donors (Lipinski definition) is 1. The number of hydrogen-bond acceptors (Lipinski definition) is 4. The van der Waals surface area contributed by atoms with Gasteiger partial charge in [-0.1, -0.05) is 30.3 Å². The van der Waals surface area contributed by atoms with Gasteiger partial charge in [0.2, 0.25) is 5.95 Å². The van der Waals surface area contributed by atoms with Gasteiger partial charge in [0.05, 0.1) is 5.69 Å². The lowest BCUT2D eigenvalue weighted by molar-refractivity contribution is 0.765. The highest BCUT2D eigenvalue weighted by Crippen LogP contribution is 2.14. The lowest BCUT2D eigenvalue weighted by Crippen LogP contribution is -2.23. The predicted octanol–water partition coefficient (Wildman–Crippen LogP) is 1.59. The van der Waals surface area contributed by atoms with Crippen molar-refractivity contribution in [3.8, 4) is 0 Å². The lowest BCUT2D eigenvalue weighted by Gasteiger charge is -2.10. The van der Waals surface area contributed by atoms with Gasteiger partial charge in [0.25, 0.3) is 5.56 Å². The number of benzene rings is 1. The topological polar surface area (TPSA) is 64.7 Å². The fourth-order valence-electron chi connectivity index (χ4n) is 2.39. The van der Waals surface area contributed by atoms with Crippen LogP contribution in [0.4, 0.5) is 5.95 Å². The quantitative estimate of drug-likeness (QED) is 0.792. The lowest BCUT2D eigenvalue weighted by atomic mass is 10.2. The number of nitrogens with one attached hydrogen (secondary N) is 1. The van der Waals surface area contributed by atoms with Crippen LogP contribution < -0.4 is 10.9 Å². The van der Waals surface area contributed by atoms with Gasteiger partial charge < -0.3 is 5.32 Å². The van der Waals surface area contributed by atoms with Crippen molar-refractivity contribution in [1.29, 1.82) is 0 Å². The Balaban J connectivity index is 2.01. The summed E-state index contributed by atoms with van der Waals surface area (Å²) in [5, 5.41) is 7.48. The Morgan fingerprint density at radius 3 is 2.62 bits per heavy atom. The van der Waals surface area contributed by atoms with Gasteiger partial charge in [-0.25, -0.2) is 4.98 Å². The molecular weight excluding hydrogens is 266 g/mol. The molecule has 0 aliphatic heterocycles. The molecule has 0 saturated heterocycles. The summed E-state index contributed by atoms with van der Waals surface area (Å²) >= 11 is 0. The SMILES string of the molecule is Cc1nn(C)c2c(=O)n(C)c(NCc3ccccc3)nc12. The van der Waals surface area contributed by atoms with Gasteiger partial charge in [-0.15, -0.1) is 0 Å². The smallest absolute Gasteiger partial charge is 0.280 e. The van der Waals surface area contributed by atoms with Gasteiger partial charge in [0.1, 0.15) is 5.52 Å². The van der Waals surface area contributed by atoms with E-state index in [1.165, 1.54) is 4.57 Å². The molecular formula is C15H17N5O. The molecule has 0 saturated carbocycles. The fourth-order valence-corrected chi connectivity index (χ4v) is 2.39. The van der Waals surface area contributed by atoms with E-state index in [-0.39, 0.29) is 5.56 Å². The molecule has 108 valence electrons. The molecule has 1 N–H and O–H groups in total. The Kier molecular flexibility index (Phi) is 3.21. The number of fused-ring (bicyclic) bond motifs is 1. The number of aryl methyl sites for hydroxylation is 2. The van der Waals surface area contributed by atoms with Crippen molar-refractivity contribution >= 4 is 17.0 Å². The van der Waals surface area contributed by atoms with Crippen LogP contribution in [0.1, 0.15) is 11.3 Å². The molecule has 0 unspecified atom stereocenters. The van der Waals surface area contributed by atoms with Gasteiger partial charge in [-0.3, -0.25) is 14.0 Å². The third-order valence-corrected chi connectivity index (χ3v) is 3.53. The molecule has 0 aliphatic carbocycles. The number of anilines is 1. The van der Waals surface area contributed by atoms with E-state index >= 15 is 0 Å². The number of aromatic nitrogens is 4. The Morgan fingerprint density at radius 1 is 1.19 bits per heavy atom. The van der Waals surface area contributed by atoms with Crippen LogP contribution in [0, 0.1) is 6.92 Å². The molecule has 3 aromatic rings. The van der Waals surface area contributed by atoms with Crippen LogP contribution in [0.5, 0.6) is 0 Å². The molecule has 0 radical (unpaired) electrons. The molecule has 2 heterocycles. The molecule has 21 heavy (non-hydrogen) atoms. The molecule has 0 spiro atoms. The normalized spacial score (nSPS) is 11.0. The molecule has 6 nitrogen and oxygen atoms in total. The Labute approximate surface area is 122 Å². The first-order chi connectivity index (χ1) is 10.1. The third kappa shape index (κ3) is 2.29. The summed E-state index contributed by atoms with van der Waals surface area (Å²) in [6.45, 7) is 2.47. The zero-order valence-electron chi connectivity index (χ0n) is 12.3. The van der Waals surface area contributed by atoms with E-state index in [0.29, 0.717) is 23.5 Å². The monoisotopic (exact) mass is 283 g/mol. The summed E-state index contributed by atoms with van der Waals surface area (Å²) in [5.41, 5.74) is 2.97. The van der Waals surface area contributed by atoms with Crippen molar-refractivity contribution in [2.75, 3.05) is 5.32 Å². The first kappa shape index (κ1) is 13.4. The van der Waals surface area contributed by atoms with Gasteiger partial charge in [-0.05, 0) is 12.5 Å². The standard InChI is InChI=1S/C15H17N5O/c1-10-12-13(20(3)18-10)14(21)19(2)15(17-12)16-9-11-7-5-4-6-8-11/h4-8H,9H2,1-3H3,(H,16,17). The van der Waals surface area contributed by atoms with E-state index in [1.54, 1.807) is 18.8 Å². The minimum absolute atomic E-state index is 0.0985. The Morgan fingerprint density at radius 2 is 1.90 bits per heavy atom. The second-order valence-electron chi connectivity index (χ2n) is 5.04. The molecule has 2 aromatic heterocycles. The minimum Gasteiger partial charge on any atom is -0.351 e. The predicted molar refractivity (Wildman–Crippen MR) is 82.3 cm³/mol. The molecule has 3 rings (SSSR count). The van der Waals surface area contributed by atoms with E-state index < -0.39 is 0 Å². The van der Waals surface area contributed by atoms with Crippen molar-refractivity contribution in [1.82, 2.24) is 19.3 Å². The van der Waals surface area contributed by atoms with Crippen LogP contribution in [-0.2, 0) is 20.6 Å². The molecule has 0 bridgehead atoms. The molecule has 1 aromatic carbocycles. The van der Waals surface area contributed by atoms with Crippen molar-refractivity contribution in [3.05, 3.63) is 51.9 Å². The highest BCUT2D eigenvalue weighted by Gasteiger charge is 2.14. The zero-order valence-corrected chi connectivity index (χ0v) is 12.3. The zero-order chi connectivity index (χ0) is 15.0. The Bertz CT molecular complexity index is 848. The van der Waals surface area contributed by atoms with Crippen LogP contribution in [0.3, 0.4) is 0 Å². The van der Waals surface area contributed by atoms with E-state index in [1.807, 2.05) is 37.3 Å².